The zero-order valence-corrected chi connectivity index (χ0v) is 17.2. The number of halogens is 1. The molecule has 158 valence electrons. The summed E-state index contributed by atoms with van der Waals surface area (Å²) in [5.41, 5.74) is 1.98. The minimum atomic E-state index is -1.10. The number of benzene rings is 2. The molecular weight excluding hydrogens is 426 g/mol. The minimum absolute atomic E-state index is 0. The molecule has 2 amide bonds. The molecule has 10 heteroatoms. The van der Waals surface area contributed by atoms with Crippen LogP contribution in [0.2, 0.25) is 0 Å². The third kappa shape index (κ3) is 4.65. The average molecular weight is 444 g/mol. The van der Waals surface area contributed by atoms with Gasteiger partial charge in [0, 0.05) is 23.9 Å². The zero-order valence-electron chi connectivity index (χ0n) is 16.3. The number of amides is 2. The van der Waals surface area contributed by atoms with E-state index in [0.717, 1.165) is 11.3 Å². The molecule has 0 fully saturated rings. The van der Waals surface area contributed by atoms with E-state index >= 15 is 4.39 Å². The van der Waals surface area contributed by atoms with Crippen LogP contribution in [0.4, 0.5) is 14.3 Å². The Hall–Kier alpha value is -3.25. The Morgan fingerprint density at radius 1 is 1.12 bits per heavy atom. The molecule has 0 spiro atoms. The summed E-state index contributed by atoms with van der Waals surface area (Å²) in [5, 5.41) is 14.8. The number of carbonyl (C=O) groups is 2. The van der Waals surface area contributed by atoms with Crippen LogP contribution in [0.5, 0.6) is 0 Å². The fourth-order valence-corrected chi connectivity index (χ4v) is 4.13. The Labute approximate surface area is 198 Å². The van der Waals surface area contributed by atoms with E-state index < -0.39 is 17.8 Å². The molecular formula is C22H18FLiN4O3S. The van der Waals surface area contributed by atoms with Crippen LogP contribution in [0.3, 0.4) is 0 Å². The third-order valence-electron chi connectivity index (χ3n) is 4.52. The number of rotatable bonds is 5. The number of urea groups is 1. The molecule has 4 rings (SSSR count). The number of carbonyl (C=O) groups excluding carboxylic acids is 1. The molecule has 2 aromatic carbocycles. The standard InChI is InChI=1S/C22H17FN4O3S.Li.H/c1-2-24-21(30)27-22-26-18-17(23)14(12-6-5-7-13(10-12)20(28)29)11-15(19(18)31-22)16-8-3-4-9-25-16;;/h3-11H,2H2,1H3,(H,28,29)(H2,24,26,27,30);;. The molecule has 0 aliphatic rings. The molecule has 3 N–H and O–H groups in total. The number of hydrogen-bond acceptors (Lipinski definition) is 5. The molecule has 7 nitrogen and oxygen atoms in total. The van der Waals surface area contributed by atoms with Crippen LogP contribution in [-0.4, -0.2) is 52.5 Å². The second-order valence-electron chi connectivity index (χ2n) is 6.57. The molecule has 32 heavy (non-hydrogen) atoms. The van der Waals surface area contributed by atoms with Crippen LogP contribution in [0.15, 0.2) is 54.7 Å². The first-order valence-electron chi connectivity index (χ1n) is 9.41. The second-order valence-corrected chi connectivity index (χ2v) is 7.57. The van der Waals surface area contributed by atoms with Gasteiger partial charge in [-0.1, -0.05) is 29.5 Å². The molecule has 0 aliphatic heterocycles. The number of fused-ring (bicyclic) bond motifs is 1. The van der Waals surface area contributed by atoms with Gasteiger partial charge in [-0.3, -0.25) is 10.3 Å². The summed E-state index contributed by atoms with van der Waals surface area (Å²) in [6.45, 7) is 2.22. The van der Waals surface area contributed by atoms with Gasteiger partial charge in [0.1, 0.15) is 5.52 Å². The number of nitrogens with zero attached hydrogens (tertiary/aromatic N) is 2. The summed E-state index contributed by atoms with van der Waals surface area (Å²) in [4.78, 5) is 31.9. The van der Waals surface area contributed by atoms with Crippen molar-refractivity contribution in [3.05, 3.63) is 66.1 Å². The molecule has 0 radical (unpaired) electrons. The molecule has 2 heterocycles. The maximum absolute atomic E-state index is 15.5. The van der Waals surface area contributed by atoms with E-state index in [-0.39, 0.29) is 40.6 Å². The van der Waals surface area contributed by atoms with Gasteiger partial charge < -0.3 is 10.4 Å². The van der Waals surface area contributed by atoms with Crippen molar-refractivity contribution in [2.45, 2.75) is 6.92 Å². The van der Waals surface area contributed by atoms with Crippen molar-refractivity contribution in [1.29, 1.82) is 0 Å². The van der Waals surface area contributed by atoms with Gasteiger partial charge in [-0.25, -0.2) is 19.0 Å². The first-order chi connectivity index (χ1) is 15.0. The molecule has 0 bridgehead atoms. The van der Waals surface area contributed by atoms with Crippen molar-refractivity contribution < 1.29 is 19.1 Å². The van der Waals surface area contributed by atoms with Gasteiger partial charge in [0.15, 0.2) is 10.9 Å². The van der Waals surface area contributed by atoms with E-state index in [1.807, 2.05) is 6.07 Å². The zero-order chi connectivity index (χ0) is 22.0. The molecule has 4 aromatic rings. The monoisotopic (exact) mass is 444 g/mol. The Bertz CT molecular complexity index is 1300. The molecule has 2 aromatic heterocycles. The number of carboxylic acid groups (broad SMARTS) is 1. The van der Waals surface area contributed by atoms with Gasteiger partial charge in [-0.2, -0.15) is 0 Å². The summed E-state index contributed by atoms with van der Waals surface area (Å²) in [6.07, 6.45) is 1.63. The number of carboxylic acids is 1. The first-order valence-corrected chi connectivity index (χ1v) is 10.2. The maximum atomic E-state index is 15.5. The van der Waals surface area contributed by atoms with Crippen molar-refractivity contribution >= 4 is 57.5 Å². The molecule has 0 unspecified atom stereocenters. The van der Waals surface area contributed by atoms with Gasteiger partial charge >= 0.3 is 30.9 Å². The van der Waals surface area contributed by atoms with Crippen LogP contribution in [-0.2, 0) is 0 Å². The van der Waals surface area contributed by atoms with E-state index in [9.17, 15) is 14.7 Å². The normalized spacial score (nSPS) is 10.4. The van der Waals surface area contributed by atoms with E-state index in [4.69, 9.17) is 0 Å². The molecule has 0 atom stereocenters. The second kappa shape index (κ2) is 9.91. The van der Waals surface area contributed by atoms with E-state index in [2.05, 4.69) is 20.6 Å². The number of aromatic nitrogens is 2. The summed E-state index contributed by atoms with van der Waals surface area (Å²) < 4.78 is 16.1. The fourth-order valence-electron chi connectivity index (χ4n) is 3.15. The van der Waals surface area contributed by atoms with Crippen molar-refractivity contribution in [2.24, 2.45) is 0 Å². The number of nitrogens with one attached hydrogen (secondary N) is 2. The quantitative estimate of drug-likeness (QED) is 0.397. The fraction of sp³-hybridized carbons (Fsp3) is 0.0909. The van der Waals surface area contributed by atoms with Crippen molar-refractivity contribution in [1.82, 2.24) is 15.3 Å². The Morgan fingerprint density at radius 2 is 1.94 bits per heavy atom. The summed E-state index contributed by atoms with van der Waals surface area (Å²) in [5.74, 6) is -1.70. The average Bonchev–Trinajstić information content (AvgIpc) is 3.19. The number of anilines is 1. The molecule has 0 saturated heterocycles. The molecule has 0 saturated carbocycles. The Kier molecular flexibility index (Phi) is 7.25. The van der Waals surface area contributed by atoms with Gasteiger partial charge in [-0.05, 0) is 42.8 Å². The van der Waals surface area contributed by atoms with Crippen LogP contribution in [0, 0.1) is 5.82 Å². The number of pyridine rings is 1. The van der Waals surface area contributed by atoms with Gasteiger partial charge in [-0.15, -0.1) is 0 Å². The number of thiazole rings is 1. The van der Waals surface area contributed by atoms with Crippen molar-refractivity contribution in [3.63, 3.8) is 0 Å². The topological polar surface area (TPSA) is 104 Å². The Morgan fingerprint density at radius 3 is 2.62 bits per heavy atom. The van der Waals surface area contributed by atoms with E-state index in [1.165, 1.54) is 12.1 Å². The van der Waals surface area contributed by atoms with Crippen LogP contribution in [0.1, 0.15) is 17.3 Å². The predicted octanol–water partition coefficient (Wildman–Crippen LogP) is 4.36. The van der Waals surface area contributed by atoms with Crippen LogP contribution < -0.4 is 10.6 Å². The van der Waals surface area contributed by atoms with Crippen LogP contribution in [0.25, 0.3) is 32.6 Å². The number of hydrogen-bond donors (Lipinski definition) is 3. The first kappa shape index (κ1) is 23.4. The SMILES string of the molecule is CCNC(=O)Nc1nc2c(F)c(-c3cccc(C(=O)O)c3)cc(-c3ccccn3)c2s1.[LiH]. The van der Waals surface area contributed by atoms with Crippen LogP contribution >= 0.6 is 11.3 Å². The Balaban J connectivity index is 0.00000289. The van der Waals surface area contributed by atoms with Crippen molar-refractivity contribution in [3.8, 4) is 22.4 Å². The van der Waals surface area contributed by atoms with Gasteiger partial charge in [0.25, 0.3) is 0 Å². The van der Waals surface area contributed by atoms with Crippen molar-refractivity contribution in [2.75, 3.05) is 11.9 Å². The summed E-state index contributed by atoms with van der Waals surface area (Å²) in [6, 6.07) is 12.6. The van der Waals surface area contributed by atoms with E-state index in [0.29, 0.717) is 28.1 Å². The number of aromatic carboxylic acids is 1. The predicted molar refractivity (Wildman–Crippen MR) is 125 cm³/mol. The third-order valence-corrected chi connectivity index (χ3v) is 5.53. The van der Waals surface area contributed by atoms with Gasteiger partial charge in [0.2, 0.25) is 0 Å². The van der Waals surface area contributed by atoms with E-state index in [1.54, 1.807) is 43.5 Å². The van der Waals surface area contributed by atoms with Gasteiger partial charge in [0.05, 0.1) is 16.0 Å². The summed E-state index contributed by atoms with van der Waals surface area (Å²) in [7, 11) is 0. The summed E-state index contributed by atoms with van der Waals surface area (Å²) >= 11 is 1.14. The molecule has 0 aliphatic carbocycles.